The van der Waals surface area contributed by atoms with Gasteiger partial charge in [-0.15, -0.1) is 0 Å². The first kappa shape index (κ1) is 11.9. The molecule has 0 aromatic rings. The van der Waals surface area contributed by atoms with Crippen molar-refractivity contribution in [2.24, 2.45) is 0 Å². The SMILES string of the molecule is CCC(F)(F)C(F)(F)CC[SiH2]C. The molecule has 0 spiro atoms. The first-order chi connectivity index (χ1) is 5.37. The van der Waals surface area contributed by atoms with Crippen molar-refractivity contribution in [2.75, 3.05) is 0 Å². The normalized spacial score (nSPS) is 14.5. The van der Waals surface area contributed by atoms with E-state index >= 15 is 0 Å². The first-order valence-electron chi connectivity index (χ1n) is 4.13. The van der Waals surface area contributed by atoms with Crippen LogP contribution in [0.2, 0.25) is 12.6 Å². The zero-order valence-electron chi connectivity index (χ0n) is 7.34. The maximum atomic E-state index is 12.7. The van der Waals surface area contributed by atoms with Crippen molar-refractivity contribution in [2.45, 2.75) is 44.2 Å². The van der Waals surface area contributed by atoms with Crippen LogP contribution in [0.25, 0.3) is 0 Å². The lowest BCUT2D eigenvalue weighted by molar-refractivity contribution is -0.210. The van der Waals surface area contributed by atoms with Gasteiger partial charge in [0.2, 0.25) is 0 Å². The van der Waals surface area contributed by atoms with E-state index < -0.39 is 34.2 Å². The summed E-state index contributed by atoms with van der Waals surface area (Å²) in [5, 5.41) is 0. The Morgan fingerprint density at radius 3 is 1.92 bits per heavy atom. The third kappa shape index (κ3) is 2.77. The lowest BCUT2D eigenvalue weighted by Crippen LogP contribution is -2.39. The summed E-state index contributed by atoms with van der Waals surface area (Å²) in [6, 6.07) is 0.280. The second-order valence-electron chi connectivity index (χ2n) is 2.87. The molecule has 0 radical (unpaired) electrons. The number of hydrogen-bond acceptors (Lipinski definition) is 0. The van der Waals surface area contributed by atoms with Gasteiger partial charge in [-0.1, -0.05) is 19.5 Å². The van der Waals surface area contributed by atoms with E-state index in [2.05, 4.69) is 0 Å². The van der Waals surface area contributed by atoms with Crippen molar-refractivity contribution in [3.05, 3.63) is 0 Å². The molecule has 0 aromatic carbocycles. The molecule has 0 aromatic heterocycles. The lowest BCUT2D eigenvalue weighted by atomic mass is 10.1. The minimum Gasteiger partial charge on any atom is -0.200 e. The molecule has 0 fully saturated rings. The predicted molar refractivity (Wildman–Crippen MR) is 44.0 cm³/mol. The quantitative estimate of drug-likeness (QED) is 0.475. The highest BCUT2D eigenvalue weighted by molar-refractivity contribution is 6.33. The molecule has 74 valence electrons. The first-order valence-corrected chi connectivity index (χ1v) is 6.54. The van der Waals surface area contributed by atoms with Crippen LogP contribution >= 0.6 is 0 Å². The van der Waals surface area contributed by atoms with E-state index in [9.17, 15) is 17.6 Å². The van der Waals surface area contributed by atoms with E-state index in [1.807, 2.05) is 6.55 Å². The molecular formula is C7H14F4Si. The summed E-state index contributed by atoms with van der Waals surface area (Å²) in [7, 11) is -0.545. The molecule has 0 unspecified atom stereocenters. The van der Waals surface area contributed by atoms with E-state index in [0.29, 0.717) is 0 Å². The van der Waals surface area contributed by atoms with Gasteiger partial charge in [0.1, 0.15) is 0 Å². The maximum absolute atomic E-state index is 12.7. The van der Waals surface area contributed by atoms with E-state index in [1.165, 1.54) is 0 Å². The van der Waals surface area contributed by atoms with Crippen LogP contribution in [-0.2, 0) is 0 Å². The second-order valence-corrected chi connectivity index (χ2v) is 4.57. The molecular weight excluding hydrogens is 188 g/mol. The molecule has 0 saturated carbocycles. The standard InChI is InChI=1S/C7H14F4Si/c1-3-6(8,9)7(10,11)4-5-12-2/h3-5,12H2,1-2H3. The molecule has 0 saturated heterocycles. The van der Waals surface area contributed by atoms with Crippen molar-refractivity contribution < 1.29 is 17.6 Å². The van der Waals surface area contributed by atoms with Crippen LogP contribution in [0.1, 0.15) is 19.8 Å². The molecule has 0 heterocycles. The fourth-order valence-electron chi connectivity index (χ4n) is 0.840. The van der Waals surface area contributed by atoms with Crippen molar-refractivity contribution in [1.29, 1.82) is 0 Å². The Balaban J connectivity index is 4.17. The molecule has 0 aliphatic heterocycles. The van der Waals surface area contributed by atoms with Crippen molar-refractivity contribution >= 4 is 9.52 Å². The van der Waals surface area contributed by atoms with Crippen LogP contribution in [0.3, 0.4) is 0 Å². The van der Waals surface area contributed by atoms with Gasteiger partial charge in [0.25, 0.3) is 0 Å². The molecule has 0 rings (SSSR count). The summed E-state index contributed by atoms with van der Waals surface area (Å²) >= 11 is 0. The molecule has 0 aliphatic carbocycles. The number of rotatable bonds is 5. The average Bonchev–Trinajstić information content (AvgIpc) is 2.00. The van der Waals surface area contributed by atoms with Gasteiger partial charge in [0, 0.05) is 22.4 Å². The molecule has 5 heteroatoms. The summed E-state index contributed by atoms with van der Waals surface area (Å²) in [5.41, 5.74) is 0. The Morgan fingerprint density at radius 1 is 1.08 bits per heavy atom. The van der Waals surface area contributed by atoms with Crippen molar-refractivity contribution in [3.63, 3.8) is 0 Å². The van der Waals surface area contributed by atoms with Crippen LogP contribution < -0.4 is 0 Å². The summed E-state index contributed by atoms with van der Waals surface area (Å²) in [6.07, 6.45) is -1.44. The Kier molecular flexibility index (Phi) is 4.23. The average molecular weight is 202 g/mol. The van der Waals surface area contributed by atoms with Gasteiger partial charge in [0.15, 0.2) is 0 Å². The molecule has 0 N–H and O–H groups in total. The van der Waals surface area contributed by atoms with Gasteiger partial charge in [0.05, 0.1) is 0 Å². The third-order valence-corrected chi connectivity index (χ3v) is 2.88. The highest BCUT2D eigenvalue weighted by Crippen LogP contribution is 2.39. The van der Waals surface area contributed by atoms with Gasteiger partial charge < -0.3 is 0 Å². The monoisotopic (exact) mass is 202 g/mol. The summed E-state index contributed by atoms with van der Waals surface area (Å²) in [5.74, 6) is -7.62. The Labute approximate surface area is 72.2 Å². The third-order valence-electron chi connectivity index (χ3n) is 1.82. The molecule has 0 amide bonds. The summed E-state index contributed by atoms with van der Waals surface area (Å²) in [6.45, 7) is 2.91. The van der Waals surface area contributed by atoms with Crippen LogP contribution in [0.4, 0.5) is 17.6 Å². The van der Waals surface area contributed by atoms with Gasteiger partial charge in [-0.25, -0.2) is 0 Å². The minimum absolute atomic E-state index is 0.280. The smallest absolute Gasteiger partial charge is 0.200 e. The zero-order valence-corrected chi connectivity index (χ0v) is 8.75. The van der Waals surface area contributed by atoms with E-state index in [-0.39, 0.29) is 6.04 Å². The van der Waals surface area contributed by atoms with Gasteiger partial charge >= 0.3 is 11.8 Å². The fraction of sp³-hybridized carbons (Fsp3) is 1.00. The fourth-order valence-corrected chi connectivity index (χ4v) is 1.64. The van der Waals surface area contributed by atoms with Crippen LogP contribution in [0, 0.1) is 0 Å². The largest absolute Gasteiger partial charge is 0.309 e. The van der Waals surface area contributed by atoms with Gasteiger partial charge in [-0.3, -0.25) is 0 Å². The van der Waals surface area contributed by atoms with Crippen LogP contribution in [0.15, 0.2) is 0 Å². The summed E-state index contributed by atoms with van der Waals surface area (Å²) in [4.78, 5) is 0. The minimum atomic E-state index is -3.82. The number of halogens is 4. The van der Waals surface area contributed by atoms with Gasteiger partial charge in [-0.05, 0) is 0 Å². The molecule has 0 bridgehead atoms. The number of hydrogen-bond donors (Lipinski definition) is 0. The summed E-state index contributed by atoms with van der Waals surface area (Å²) < 4.78 is 50.4. The Hall–Kier alpha value is -0.0631. The topological polar surface area (TPSA) is 0 Å². The van der Waals surface area contributed by atoms with Gasteiger partial charge in [-0.2, -0.15) is 17.6 Å². The molecule has 0 nitrogen and oxygen atoms in total. The van der Waals surface area contributed by atoms with Crippen LogP contribution in [-0.4, -0.2) is 21.4 Å². The zero-order chi connectivity index (χ0) is 9.83. The molecule has 12 heavy (non-hydrogen) atoms. The predicted octanol–water partition coefficient (Wildman–Crippen LogP) is 2.69. The maximum Gasteiger partial charge on any atom is 0.309 e. The molecule has 0 atom stereocenters. The highest BCUT2D eigenvalue weighted by atomic mass is 28.2. The van der Waals surface area contributed by atoms with E-state index in [4.69, 9.17) is 0 Å². The second kappa shape index (κ2) is 4.25. The Bertz CT molecular complexity index is 135. The van der Waals surface area contributed by atoms with E-state index in [1.54, 1.807) is 0 Å². The Morgan fingerprint density at radius 2 is 1.58 bits per heavy atom. The van der Waals surface area contributed by atoms with Crippen molar-refractivity contribution in [1.82, 2.24) is 0 Å². The van der Waals surface area contributed by atoms with Crippen LogP contribution in [0.5, 0.6) is 0 Å². The van der Waals surface area contributed by atoms with Crippen molar-refractivity contribution in [3.8, 4) is 0 Å². The number of alkyl halides is 4. The van der Waals surface area contributed by atoms with E-state index in [0.717, 1.165) is 6.92 Å². The molecule has 0 aliphatic rings. The lowest BCUT2D eigenvalue weighted by Gasteiger charge is -2.25. The highest BCUT2D eigenvalue weighted by Gasteiger charge is 2.53.